The van der Waals surface area contributed by atoms with E-state index in [1.165, 1.54) is 18.2 Å². The molecular formula is C20H23ClN2O5S. The Morgan fingerprint density at radius 1 is 1.24 bits per heavy atom. The summed E-state index contributed by atoms with van der Waals surface area (Å²) >= 11 is 6.15. The molecule has 9 heteroatoms. The maximum Gasteiger partial charge on any atom is 0.243 e. The number of amides is 1. The van der Waals surface area contributed by atoms with Gasteiger partial charge in [-0.2, -0.15) is 4.31 Å². The highest BCUT2D eigenvalue weighted by molar-refractivity contribution is 7.89. The number of fused-ring (bicyclic) bond motifs is 1. The summed E-state index contributed by atoms with van der Waals surface area (Å²) in [5.41, 5.74) is 0.640. The smallest absolute Gasteiger partial charge is 0.243 e. The number of rotatable bonds is 7. The maximum atomic E-state index is 13.1. The van der Waals surface area contributed by atoms with Gasteiger partial charge >= 0.3 is 0 Å². The lowest BCUT2D eigenvalue weighted by molar-refractivity contribution is -0.119. The highest BCUT2D eigenvalue weighted by Crippen LogP contribution is 2.32. The fraction of sp³-hybridized carbons (Fsp3) is 0.350. The predicted molar refractivity (Wildman–Crippen MR) is 111 cm³/mol. The van der Waals surface area contributed by atoms with Gasteiger partial charge in [0.05, 0.1) is 35.3 Å². The van der Waals surface area contributed by atoms with Crippen LogP contribution in [0.25, 0.3) is 0 Å². The normalized spacial score (nSPS) is 13.7. The van der Waals surface area contributed by atoms with E-state index in [9.17, 15) is 13.2 Å². The lowest BCUT2D eigenvalue weighted by atomic mass is 10.2. The third-order valence-corrected chi connectivity index (χ3v) is 6.75. The molecule has 2 aromatic rings. The molecule has 0 aromatic heterocycles. The summed E-state index contributed by atoms with van der Waals surface area (Å²) in [6.45, 7) is 4.51. The number of hydrogen-bond donors (Lipinski definition) is 0. The van der Waals surface area contributed by atoms with Gasteiger partial charge in [-0.3, -0.25) is 4.79 Å². The minimum absolute atomic E-state index is 0.0166. The quantitative estimate of drug-likeness (QED) is 0.663. The van der Waals surface area contributed by atoms with Crippen LogP contribution in [-0.2, 0) is 14.8 Å². The second-order valence-electron chi connectivity index (χ2n) is 6.32. The van der Waals surface area contributed by atoms with Gasteiger partial charge in [-0.1, -0.05) is 30.7 Å². The van der Waals surface area contributed by atoms with Gasteiger partial charge in [0, 0.05) is 6.54 Å². The Kier molecular flexibility index (Phi) is 6.66. The number of nitrogens with zero attached hydrogens (tertiary/aromatic N) is 2. The van der Waals surface area contributed by atoms with Crippen molar-refractivity contribution in [1.29, 1.82) is 0 Å². The largest absolute Gasteiger partial charge is 0.492 e. The summed E-state index contributed by atoms with van der Waals surface area (Å²) < 4.78 is 38.2. The highest BCUT2D eigenvalue weighted by Gasteiger charge is 2.30. The molecule has 7 nitrogen and oxygen atoms in total. The van der Waals surface area contributed by atoms with E-state index in [-0.39, 0.29) is 28.9 Å². The number of hydrogen-bond acceptors (Lipinski definition) is 5. The van der Waals surface area contributed by atoms with Crippen LogP contribution in [0.5, 0.6) is 11.5 Å². The van der Waals surface area contributed by atoms with E-state index in [2.05, 4.69) is 0 Å². The van der Waals surface area contributed by atoms with Crippen molar-refractivity contribution in [2.75, 3.05) is 37.7 Å². The SMILES string of the molecule is CCOc1ccc(S(=O)(=O)N(CC)CC(=O)N2CCOc3ccccc32)cc1Cl. The van der Waals surface area contributed by atoms with E-state index in [1.807, 2.05) is 19.1 Å². The first-order valence-corrected chi connectivity index (χ1v) is 11.1. The lowest BCUT2D eigenvalue weighted by Gasteiger charge is -2.31. The van der Waals surface area contributed by atoms with Gasteiger partial charge in [0.25, 0.3) is 0 Å². The molecule has 0 saturated heterocycles. The zero-order valence-electron chi connectivity index (χ0n) is 16.3. The van der Waals surface area contributed by atoms with Gasteiger partial charge < -0.3 is 14.4 Å². The summed E-state index contributed by atoms with van der Waals surface area (Å²) in [7, 11) is -3.90. The average molecular weight is 439 g/mol. The summed E-state index contributed by atoms with van der Waals surface area (Å²) in [4.78, 5) is 14.5. The molecule has 0 unspecified atom stereocenters. The Hall–Kier alpha value is -2.29. The zero-order chi connectivity index (χ0) is 21.0. The topological polar surface area (TPSA) is 76.2 Å². The monoisotopic (exact) mass is 438 g/mol. The second-order valence-corrected chi connectivity index (χ2v) is 8.66. The number of para-hydroxylation sites is 2. The molecule has 0 aliphatic carbocycles. The first kappa shape index (κ1) is 21.4. The molecule has 156 valence electrons. The highest BCUT2D eigenvalue weighted by atomic mass is 35.5. The van der Waals surface area contributed by atoms with Crippen LogP contribution < -0.4 is 14.4 Å². The van der Waals surface area contributed by atoms with Crippen molar-refractivity contribution >= 4 is 33.2 Å². The second kappa shape index (κ2) is 9.02. The van der Waals surface area contributed by atoms with E-state index >= 15 is 0 Å². The number of carbonyl (C=O) groups is 1. The zero-order valence-corrected chi connectivity index (χ0v) is 17.9. The third kappa shape index (κ3) is 4.49. The Morgan fingerprint density at radius 2 is 2.00 bits per heavy atom. The molecule has 0 fully saturated rings. The van der Waals surface area contributed by atoms with Gasteiger partial charge in [-0.05, 0) is 37.3 Å². The van der Waals surface area contributed by atoms with Crippen LogP contribution in [0.2, 0.25) is 5.02 Å². The number of sulfonamides is 1. The molecule has 0 N–H and O–H groups in total. The van der Waals surface area contributed by atoms with Crippen LogP contribution in [0.1, 0.15) is 13.8 Å². The Morgan fingerprint density at radius 3 is 2.69 bits per heavy atom. The van der Waals surface area contributed by atoms with Gasteiger partial charge in [0.1, 0.15) is 18.1 Å². The Bertz CT molecular complexity index is 996. The van der Waals surface area contributed by atoms with Crippen molar-refractivity contribution in [1.82, 2.24) is 4.31 Å². The van der Waals surface area contributed by atoms with E-state index < -0.39 is 10.0 Å². The molecule has 0 radical (unpaired) electrons. The first-order valence-electron chi connectivity index (χ1n) is 9.33. The number of benzene rings is 2. The minimum Gasteiger partial charge on any atom is -0.492 e. The molecule has 0 spiro atoms. The van der Waals surface area contributed by atoms with Gasteiger partial charge in [-0.15, -0.1) is 0 Å². The van der Waals surface area contributed by atoms with Crippen molar-refractivity contribution in [3.63, 3.8) is 0 Å². The van der Waals surface area contributed by atoms with Crippen molar-refractivity contribution in [2.45, 2.75) is 18.7 Å². The van der Waals surface area contributed by atoms with Gasteiger partial charge in [0.15, 0.2) is 0 Å². The molecule has 0 bridgehead atoms. The molecule has 1 aliphatic rings. The number of ether oxygens (including phenoxy) is 2. The average Bonchev–Trinajstić information content (AvgIpc) is 2.72. The summed E-state index contributed by atoms with van der Waals surface area (Å²) in [5.74, 6) is 0.705. The summed E-state index contributed by atoms with van der Waals surface area (Å²) in [5, 5.41) is 0.206. The molecule has 0 atom stereocenters. The standard InChI is InChI=1S/C20H23ClN2O5S/c1-3-22(29(25,26)15-9-10-18(27-4-2)16(21)13-15)14-20(24)23-11-12-28-19-8-6-5-7-17(19)23/h5-10,13H,3-4,11-12,14H2,1-2H3. The molecule has 1 aliphatic heterocycles. The van der Waals surface area contributed by atoms with Crippen LogP contribution >= 0.6 is 11.6 Å². The van der Waals surface area contributed by atoms with Crippen LogP contribution in [0.15, 0.2) is 47.4 Å². The predicted octanol–water partition coefficient (Wildman–Crippen LogP) is 3.17. The van der Waals surface area contributed by atoms with E-state index in [0.29, 0.717) is 36.9 Å². The van der Waals surface area contributed by atoms with Crippen molar-refractivity contribution in [2.24, 2.45) is 0 Å². The van der Waals surface area contributed by atoms with Gasteiger partial charge in [0.2, 0.25) is 15.9 Å². The molecular weight excluding hydrogens is 416 g/mol. The number of carbonyl (C=O) groups excluding carboxylic acids is 1. The van der Waals surface area contributed by atoms with Crippen LogP contribution in [0.4, 0.5) is 5.69 Å². The van der Waals surface area contributed by atoms with Crippen LogP contribution in [0.3, 0.4) is 0 Å². The fourth-order valence-electron chi connectivity index (χ4n) is 3.10. The molecule has 1 amide bonds. The van der Waals surface area contributed by atoms with Crippen molar-refractivity contribution in [3.8, 4) is 11.5 Å². The molecule has 1 heterocycles. The maximum absolute atomic E-state index is 13.1. The van der Waals surface area contributed by atoms with Crippen LogP contribution in [-0.4, -0.2) is 51.5 Å². The lowest BCUT2D eigenvalue weighted by Crippen LogP contribution is -2.45. The molecule has 29 heavy (non-hydrogen) atoms. The molecule has 2 aromatic carbocycles. The number of halogens is 1. The third-order valence-electron chi connectivity index (χ3n) is 4.53. The van der Waals surface area contributed by atoms with E-state index in [0.717, 1.165) is 4.31 Å². The molecule has 0 saturated carbocycles. The number of anilines is 1. The summed E-state index contributed by atoms with van der Waals surface area (Å²) in [6, 6.07) is 11.5. The Labute approximate surface area is 175 Å². The van der Waals surface area contributed by atoms with E-state index in [1.54, 1.807) is 24.0 Å². The molecule has 3 rings (SSSR count). The van der Waals surface area contributed by atoms with Crippen LogP contribution in [0, 0.1) is 0 Å². The first-order chi connectivity index (χ1) is 13.9. The van der Waals surface area contributed by atoms with E-state index in [4.69, 9.17) is 21.1 Å². The minimum atomic E-state index is -3.90. The Balaban J connectivity index is 1.82. The number of likely N-dealkylation sites (N-methyl/N-ethyl adjacent to an activating group) is 1. The fourth-order valence-corrected chi connectivity index (χ4v) is 4.82. The van der Waals surface area contributed by atoms with Crippen molar-refractivity contribution in [3.05, 3.63) is 47.5 Å². The summed E-state index contributed by atoms with van der Waals surface area (Å²) in [6.07, 6.45) is 0. The van der Waals surface area contributed by atoms with Gasteiger partial charge in [-0.25, -0.2) is 8.42 Å². The van der Waals surface area contributed by atoms with Crippen molar-refractivity contribution < 1.29 is 22.7 Å².